The number of rotatable bonds is 11. The zero-order valence-electron chi connectivity index (χ0n) is 24.6. The van der Waals surface area contributed by atoms with E-state index in [9.17, 15) is 31.2 Å². The second-order valence-corrected chi connectivity index (χ2v) is 12.7. The highest BCUT2D eigenvalue weighted by atomic mass is 32.2. The second kappa shape index (κ2) is 13.4. The highest BCUT2D eigenvalue weighted by molar-refractivity contribution is 7.92. The number of hydrogen-bond acceptors (Lipinski definition) is 8. The number of alkyl halides is 3. The van der Waals surface area contributed by atoms with Gasteiger partial charge in [-0.1, -0.05) is 18.2 Å². The molecule has 2 amide bonds. The number of amides is 2. The molecule has 3 N–H and O–H groups in total. The van der Waals surface area contributed by atoms with Crippen molar-refractivity contribution in [3.8, 4) is 5.75 Å². The maximum absolute atomic E-state index is 13.1. The summed E-state index contributed by atoms with van der Waals surface area (Å²) in [5, 5.41) is 9.62. The van der Waals surface area contributed by atoms with Crippen LogP contribution >= 0.6 is 0 Å². The number of carbonyl (C=O) groups excluding carboxylic acids is 2. The van der Waals surface area contributed by atoms with E-state index in [1.807, 2.05) is 32.0 Å². The minimum atomic E-state index is -4.86. The largest absolute Gasteiger partial charge is 0.573 e. The SMILES string of the molecule is Cc1cc(NCC(=O)NCCN(C)C)ccc1/C=C/S(=O)(=O)N1CCC2(CC1)N=C(c1cccc(OC(F)(F)F)c1)NC2=O. The van der Waals surface area contributed by atoms with Gasteiger partial charge in [0, 0.05) is 42.8 Å². The van der Waals surface area contributed by atoms with Crippen molar-refractivity contribution >= 4 is 39.4 Å². The monoisotopic (exact) mass is 636 g/mol. The summed E-state index contributed by atoms with van der Waals surface area (Å²) in [7, 11) is 0.0240. The Bertz CT molecular complexity index is 1550. The van der Waals surface area contributed by atoms with Crippen molar-refractivity contribution in [2.45, 2.75) is 31.7 Å². The molecule has 11 nitrogen and oxygen atoms in total. The number of anilines is 1. The number of piperidine rings is 1. The molecule has 1 spiro atoms. The summed E-state index contributed by atoms with van der Waals surface area (Å²) < 4.78 is 69.3. The smallest absolute Gasteiger partial charge is 0.406 e. The minimum Gasteiger partial charge on any atom is -0.406 e. The van der Waals surface area contributed by atoms with E-state index in [1.165, 1.54) is 22.5 Å². The van der Waals surface area contributed by atoms with Gasteiger partial charge < -0.3 is 25.6 Å². The molecule has 1 saturated heterocycles. The van der Waals surface area contributed by atoms with Crippen molar-refractivity contribution in [2.75, 3.05) is 52.1 Å². The van der Waals surface area contributed by atoms with Gasteiger partial charge in [0.1, 0.15) is 17.1 Å². The van der Waals surface area contributed by atoms with Crippen LogP contribution in [0.1, 0.15) is 29.5 Å². The number of likely N-dealkylation sites (N-methyl/N-ethyl adjacent to an activating group) is 1. The molecule has 2 aliphatic rings. The number of amidine groups is 1. The molecule has 1 fully saturated rings. The molecule has 15 heteroatoms. The molecule has 0 aliphatic carbocycles. The Morgan fingerprint density at radius 1 is 1.18 bits per heavy atom. The van der Waals surface area contributed by atoms with Gasteiger partial charge in [0.05, 0.1) is 6.54 Å². The number of halogens is 3. The number of carbonyl (C=O) groups is 2. The third-order valence-corrected chi connectivity index (χ3v) is 8.82. The fraction of sp³-hybridized carbons (Fsp3) is 0.414. The average molecular weight is 637 g/mol. The predicted molar refractivity (Wildman–Crippen MR) is 161 cm³/mol. The van der Waals surface area contributed by atoms with Crippen LogP contribution in [0.25, 0.3) is 6.08 Å². The van der Waals surface area contributed by atoms with Gasteiger partial charge in [-0.3, -0.25) is 14.6 Å². The Kier molecular flexibility index (Phi) is 10.0. The molecule has 0 saturated carbocycles. The van der Waals surface area contributed by atoms with Crippen LogP contribution in [-0.2, 0) is 19.6 Å². The zero-order chi connectivity index (χ0) is 32.1. The Balaban J connectivity index is 1.35. The van der Waals surface area contributed by atoms with Crippen LogP contribution in [0.4, 0.5) is 18.9 Å². The molecule has 0 unspecified atom stereocenters. The Morgan fingerprint density at radius 2 is 1.91 bits per heavy atom. The number of ether oxygens (including phenoxy) is 1. The van der Waals surface area contributed by atoms with Gasteiger partial charge in [-0.2, -0.15) is 4.31 Å². The van der Waals surface area contributed by atoms with Crippen molar-refractivity contribution in [3.05, 3.63) is 64.6 Å². The van der Waals surface area contributed by atoms with Crippen LogP contribution in [0.5, 0.6) is 5.75 Å². The highest BCUT2D eigenvalue weighted by Gasteiger charge is 2.47. The summed E-state index contributed by atoms with van der Waals surface area (Å²) in [5.41, 5.74) is 1.25. The number of sulfonamides is 1. The Morgan fingerprint density at radius 3 is 2.57 bits per heavy atom. The van der Waals surface area contributed by atoms with Crippen LogP contribution in [0.3, 0.4) is 0 Å². The first-order valence-electron chi connectivity index (χ1n) is 13.9. The summed E-state index contributed by atoms with van der Waals surface area (Å²) >= 11 is 0. The van der Waals surface area contributed by atoms with Crippen molar-refractivity contribution in [2.24, 2.45) is 4.99 Å². The fourth-order valence-corrected chi connectivity index (χ4v) is 6.01. The summed E-state index contributed by atoms with van der Waals surface area (Å²) in [6.45, 7) is 3.29. The lowest BCUT2D eigenvalue weighted by molar-refractivity contribution is -0.274. The van der Waals surface area contributed by atoms with E-state index in [0.29, 0.717) is 12.1 Å². The van der Waals surface area contributed by atoms with Crippen LogP contribution < -0.4 is 20.7 Å². The molecule has 4 rings (SSSR count). The lowest BCUT2D eigenvalue weighted by Gasteiger charge is -2.34. The predicted octanol–water partition coefficient (Wildman–Crippen LogP) is 2.70. The lowest BCUT2D eigenvalue weighted by atomic mass is 9.89. The summed E-state index contributed by atoms with van der Waals surface area (Å²) in [5.74, 6) is -0.903. The lowest BCUT2D eigenvalue weighted by Crippen LogP contribution is -2.50. The molecule has 0 aromatic heterocycles. The average Bonchev–Trinajstić information content (AvgIpc) is 3.25. The van der Waals surface area contributed by atoms with E-state index in [2.05, 4.69) is 25.7 Å². The number of hydrogen-bond donors (Lipinski definition) is 3. The van der Waals surface area contributed by atoms with Gasteiger partial charge >= 0.3 is 6.36 Å². The minimum absolute atomic E-state index is 0.0343. The molecular formula is C29H35F3N6O5S. The molecule has 2 heterocycles. The van der Waals surface area contributed by atoms with Gasteiger partial charge in [-0.05, 0) is 75.3 Å². The number of aliphatic imine (C=N–C) groups is 1. The molecule has 0 bridgehead atoms. The Labute approximate surface area is 254 Å². The maximum Gasteiger partial charge on any atom is 0.573 e. The van der Waals surface area contributed by atoms with Gasteiger partial charge in [-0.25, -0.2) is 8.42 Å². The fourth-order valence-electron chi connectivity index (χ4n) is 4.83. The van der Waals surface area contributed by atoms with Crippen molar-refractivity contribution in [1.82, 2.24) is 19.8 Å². The van der Waals surface area contributed by atoms with E-state index in [1.54, 1.807) is 12.1 Å². The first-order valence-corrected chi connectivity index (χ1v) is 15.4. The van der Waals surface area contributed by atoms with Gasteiger partial charge in [-0.15, -0.1) is 13.2 Å². The Hall–Kier alpha value is -3.95. The topological polar surface area (TPSA) is 132 Å². The number of nitrogens with one attached hydrogen (secondary N) is 3. The highest BCUT2D eigenvalue weighted by Crippen LogP contribution is 2.33. The standard InChI is InChI=1S/C29H35F3N6O5S/c1-20-17-23(34-19-25(39)33-12-15-37(2)3)8-7-21(20)9-16-44(41,42)38-13-10-28(11-14-38)27(40)35-26(36-28)22-5-4-6-24(18-22)43-29(30,31)32/h4-9,16-18,34H,10-15,19H2,1-3H3,(H,33,39)(H,35,36,40)/b16-9+. The molecule has 2 aliphatic heterocycles. The zero-order valence-corrected chi connectivity index (χ0v) is 25.4. The van der Waals surface area contributed by atoms with Crippen LogP contribution in [0.15, 0.2) is 52.9 Å². The van der Waals surface area contributed by atoms with E-state index in [0.717, 1.165) is 35.3 Å². The summed E-state index contributed by atoms with van der Waals surface area (Å²) in [4.78, 5) is 31.4. The number of aryl methyl sites for hydroxylation is 1. The van der Waals surface area contributed by atoms with E-state index in [-0.39, 0.29) is 49.8 Å². The van der Waals surface area contributed by atoms with Crippen molar-refractivity contribution in [3.63, 3.8) is 0 Å². The summed E-state index contributed by atoms with van der Waals surface area (Å²) in [6, 6.07) is 10.5. The van der Waals surface area contributed by atoms with Crippen molar-refractivity contribution < 1.29 is 35.9 Å². The first-order chi connectivity index (χ1) is 20.7. The molecular weight excluding hydrogens is 601 g/mol. The molecule has 44 heavy (non-hydrogen) atoms. The maximum atomic E-state index is 13.1. The second-order valence-electron chi connectivity index (χ2n) is 10.8. The third kappa shape index (κ3) is 8.57. The summed E-state index contributed by atoms with van der Waals surface area (Å²) in [6.07, 6.45) is -3.15. The number of benzene rings is 2. The molecule has 238 valence electrons. The molecule has 0 atom stereocenters. The van der Waals surface area contributed by atoms with Crippen molar-refractivity contribution in [1.29, 1.82) is 0 Å². The first kappa shape index (κ1) is 33.0. The normalized spacial score (nSPS) is 17.2. The van der Waals surface area contributed by atoms with Crippen LogP contribution in [0, 0.1) is 6.92 Å². The third-order valence-electron chi connectivity index (χ3n) is 7.25. The van der Waals surface area contributed by atoms with E-state index in [4.69, 9.17) is 0 Å². The number of nitrogens with zero attached hydrogens (tertiary/aromatic N) is 3. The molecule has 0 radical (unpaired) electrons. The van der Waals surface area contributed by atoms with E-state index < -0.39 is 33.6 Å². The quantitative estimate of drug-likeness (QED) is 0.346. The van der Waals surface area contributed by atoms with Gasteiger partial charge in [0.2, 0.25) is 15.9 Å². The van der Waals surface area contributed by atoms with Gasteiger partial charge in [0.25, 0.3) is 5.91 Å². The van der Waals surface area contributed by atoms with E-state index >= 15 is 0 Å². The van der Waals surface area contributed by atoms with Gasteiger partial charge in [0.15, 0.2) is 0 Å². The van der Waals surface area contributed by atoms with Crippen LogP contribution in [-0.4, -0.2) is 94.0 Å². The molecule has 2 aromatic rings. The molecule has 2 aromatic carbocycles. The van der Waals surface area contributed by atoms with Crippen LogP contribution in [0.2, 0.25) is 0 Å².